The summed E-state index contributed by atoms with van der Waals surface area (Å²) in [7, 11) is 0. The van der Waals surface area contributed by atoms with Gasteiger partial charge in [-0.1, -0.05) is 6.92 Å². The highest BCUT2D eigenvalue weighted by Crippen LogP contribution is 2.09. The lowest BCUT2D eigenvalue weighted by Crippen LogP contribution is -2.13. The van der Waals surface area contributed by atoms with Crippen molar-refractivity contribution in [3.05, 3.63) is 35.0 Å². The van der Waals surface area contributed by atoms with Crippen LogP contribution < -0.4 is 5.32 Å². The fourth-order valence-electron chi connectivity index (χ4n) is 1.24. The Bertz CT molecular complexity index is 450. The Balaban J connectivity index is 2.13. The van der Waals surface area contributed by atoms with E-state index >= 15 is 0 Å². The van der Waals surface area contributed by atoms with Crippen molar-refractivity contribution in [2.45, 2.75) is 13.5 Å². The lowest BCUT2D eigenvalue weighted by Gasteiger charge is -2.02. The van der Waals surface area contributed by atoms with Gasteiger partial charge in [0.05, 0.1) is 28.8 Å². The molecule has 0 aliphatic rings. The second-order valence-electron chi connectivity index (χ2n) is 3.25. The third-order valence-electron chi connectivity index (χ3n) is 2.03. The first-order valence-electron chi connectivity index (χ1n) is 5.02. The van der Waals surface area contributed by atoms with Crippen LogP contribution in [0.5, 0.6) is 0 Å². The van der Waals surface area contributed by atoms with Gasteiger partial charge in [0.15, 0.2) is 5.82 Å². The molecule has 2 rings (SSSR count). The molecule has 0 fully saturated rings. The van der Waals surface area contributed by atoms with Crippen molar-refractivity contribution in [2.24, 2.45) is 0 Å². The van der Waals surface area contributed by atoms with Crippen molar-refractivity contribution in [3.8, 4) is 5.82 Å². The van der Waals surface area contributed by atoms with Gasteiger partial charge in [0.1, 0.15) is 0 Å². The molecular formula is C10H12BrN5. The molecule has 16 heavy (non-hydrogen) atoms. The molecule has 0 bridgehead atoms. The quantitative estimate of drug-likeness (QED) is 0.924. The standard InChI is InChI=1S/C10H12BrN5/c1-2-12-4-9-5-14-10(6-13-9)16-7-8(11)3-15-16/h3,5-7,12H,2,4H2,1H3. The van der Waals surface area contributed by atoms with Gasteiger partial charge in [0.25, 0.3) is 0 Å². The number of nitrogens with one attached hydrogen (secondary N) is 1. The summed E-state index contributed by atoms with van der Waals surface area (Å²) in [4.78, 5) is 8.59. The molecule has 0 amide bonds. The van der Waals surface area contributed by atoms with E-state index in [0.717, 1.165) is 23.3 Å². The first kappa shape index (κ1) is 11.2. The van der Waals surface area contributed by atoms with Crippen LogP contribution in [0.4, 0.5) is 0 Å². The summed E-state index contributed by atoms with van der Waals surface area (Å²) in [5.41, 5.74) is 0.928. The van der Waals surface area contributed by atoms with E-state index in [9.17, 15) is 0 Å². The summed E-state index contributed by atoms with van der Waals surface area (Å²) in [6, 6.07) is 0. The molecule has 5 nitrogen and oxygen atoms in total. The average Bonchev–Trinajstić information content (AvgIpc) is 2.74. The molecule has 0 unspecified atom stereocenters. The highest BCUT2D eigenvalue weighted by atomic mass is 79.9. The normalized spacial score (nSPS) is 10.6. The zero-order valence-corrected chi connectivity index (χ0v) is 10.5. The molecule has 0 radical (unpaired) electrons. The zero-order valence-electron chi connectivity index (χ0n) is 8.89. The van der Waals surface area contributed by atoms with Crippen LogP contribution in [-0.2, 0) is 6.54 Å². The van der Waals surface area contributed by atoms with E-state index < -0.39 is 0 Å². The lowest BCUT2D eigenvalue weighted by atomic mass is 10.4. The molecule has 0 aliphatic heterocycles. The maximum Gasteiger partial charge on any atom is 0.171 e. The van der Waals surface area contributed by atoms with Crippen molar-refractivity contribution < 1.29 is 0 Å². The van der Waals surface area contributed by atoms with Crippen LogP contribution in [0.25, 0.3) is 5.82 Å². The highest BCUT2D eigenvalue weighted by Gasteiger charge is 2.01. The van der Waals surface area contributed by atoms with Crippen molar-refractivity contribution in [1.82, 2.24) is 25.1 Å². The van der Waals surface area contributed by atoms with Gasteiger partial charge in [-0.15, -0.1) is 0 Å². The molecule has 0 saturated heterocycles. The van der Waals surface area contributed by atoms with Gasteiger partial charge in [-0.3, -0.25) is 4.98 Å². The average molecular weight is 282 g/mol. The van der Waals surface area contributed by atoms with Gasteiger partial charge in [0.2, 0.25) is 0 Å². The Morgan fingerprint density at radius 3 is 2.75 bits per heavy atom. The van der Waals surface area contributed by atoms with Gasteiger partial charge >= 0.3 is 0 Å². The van der Waals surface area contributed by atoms with E-state index in [2.05, 4.69) is 43.2 Å². The number of halogens is 1. The molecular weight excluding hydrogens is 270 g/mol. The fourth-order valence-corrected chi connectivity index (χ4v) is 1.52. The lowest BCUT2D eigenvalue weighted by molar-refractivity contribution is 0.703. The molecule has 2 aromatic heterocycles. The van der Waals surface area contributed by atoms with E-state index in [1.165, 1.54) is 0 Å². The van der Waals surface area contributed by atoms with Crippen molar-refractivity contribution >= 4 is 15.9 Å². The first-order chi connectivity index (χ1) is 7.79. The molecule has 0 aliphatic carbocycles. The molecule has 1 N–H and O–H groups in total. The van der Waals surface area contributed by atoms with Crippen molar-refractivity contribution in [3.63, 3.8) is 0 Å². The number of hydrogen-bond donors (Lipinski definition) is 1. The van der Waals surface area contributed by atoms with Crippen LogP contribution in [0.1, 0.15) is 12.6 Å². The van der Waals surface area contributed by atoms with E-state index in [0.29, 0.717) is 5.82 Å². The number of rotatable bonds is 4. The summed E-state index contributed by atoms with van der Waals surface area (Å²) in [6.07, 6.45) is 7.03. The molecule has 0 atom stereocenters. The third-order valence-corrected chi connectivity index (χ3v) is 2.44. The van der Waals surface area contributed by atoms with Crippen LogP contribution in [0.2, 0.25) is 0 Å². The SMILES string of the molecule is CCNCc1cnc(-n2cc(Br)cn2)cn1. The smallest absolute Gasteiger partial charge is 0.171 e. The maximum absolute atomic E-state index is 4.30. The summed E-state index contributed by atoms with van der Waals surface area (Å²) >= 11 is 3.34. The Labute approximate surface area is 102 Å². The Morgan fingerprint density at radius 2 is 2.19 bits per heavy atom. The Morgan fingerprint density at radius 1 is 1.31 bits per heavy atom. The summed E-state index contributed by atoms with van der Waals surface area (Å²) < 4.78 is 2.60. The van der Waals surface area contributed by atoms with Gasteiger partial charge in [-0.2, -0.15) is 5.10 Å². The molecule has 0 aromatic carbocycles. The Hall–Kier alpha value is -1.27. The van der Waals surface area contributed by atoms with Gasteiger partial charge in [-0.05, 0) is 22.5 Å². The molecule has 0 saturated carbocycles. The van der Waals surface area contributed by atoms with Crippen LogP contribution in [0.15, 0.2) is 29.3 Å². The summed E-state index contributed by atoms with van der Waals surface area (Å²) in [5.74, 6) is 0.714. The summed E-state index contributed by atoms with van der Waals surface area (Å²) in [6.45, 7) is 3.73. The maximum atomic E-state index is 4.30. The molecule has 2 heterocycles. The van der Waals surface area contributed by atoms with E-state index in [4.69, 9.17) is 0 Å². The van der Waals surface area contributed by atoms with Gasteiger partial charge in [0, 0.05) is 12.7 Å². The Kier molecular flexibility index (Phi) is 3.63. The van der Waals surface area contributed by atoms with Crippen LogP contribution in [-0.4, -0.2) is 26.3 Å². The third kappa shape index (κ3) is 2.65. The molecule has 6 heteroatoms. The van der Waals surface area contributed by atoms with Crippen LogP contribution >= 0.6 is 15.9 Å². The highest BCUT2D eigenvalue weighted by molar-refractivity contribution is 9.10. The minimum atomic E-state index is 0.714. The number of nitrogens with zero attached hydrogens (tertiary/aromatic N) is 4. The van der Waals surface area contributed by atoms with Crippen molar-refractivity contribution in [1.29, 1.82) is 0 Å². The van der Waals surface area contributed by atoms with E-state index in [-0.39, 0.29) is 0 Å². The number of aromatic nitrogens is 4. The van der Waals surface area contributed by atoms with E-state index in [1.807, 2.05) is 6.20 Å². The van der Waals surface area contributed by atoms with Crippen LogP contribution in [0, 0.1) is 0 Å². The molecule has 0 spiro atoms. The summed E-state index contributed by atoms with van der Waals surface area (Å²) in [5, 5.41) is 7.32. The molecule has 2 aromatic rings. The van der Waals surface area contributed by atoms with Gasteiger partial charge in [-0.25, -0.2) is 9.67 Å². The van der Waals surface area contributed by atoms with Gasteiger partial charge < -0.3 is 5.32 Å². The first-order valence-corrected chi connectivity index (χ1v) is 5.81. The number of hydrogen-bond acceptors (Lipinski definition) is 4. The largest absolute Gasteiger partial charge is 0.311 e. The predicted molar refractivity (Wildman–Crippen MR) is 64.2 cm³/mol. The second kappa shape index (κ2) is 5.18. The monoisotopic (exact) mass is 281 g/mol. The predicted octanol–water partition coefficient (Wildman–Crippen LogP) is 1.53. The second-order valence-corrected chi connectivity index (χ2v) is 4.17. The topological polar surface area (TPSA) is 55.6 Å². The minimum Gasteiger partial charge on any atom is -0.311 e. The van der Waals surface area contributed by atoms with E-state index in [1.54, 1.807) is 23.3 Å². The zero-order chi connectivity index (χ0) is 11.4. The fraction of sp³-hybridized carbons (Fsp3) is 0.300. The molecule has 84 valence electrons. The van der Waals surface area contributed by atoms with Crippen molar-refractivity contribution in [2.75, 3.05) is 6.54 Å². The van der Waals surface area contributed by atoms with Crippen LogP contribution in [0.3, 0.4) is 0 Å². The minimum absolute atomic E-state index is 0.714.